The number of carbonyl (C=O) groups excluding carboxylic acids is 1. The number of hydrogen-bond acceptors (Lipinski definition) is 2. The third-order valence-electron chi connectivity index (χ3n) is 4.46. The van der Waals surface area contributed by atoms with Crippen molar-refractivity contribution in [2.75, 3.05) is 6.26 Å². The van der Waals surface area contributed by atoms with Crippen LogP contribution in [0.4, 0.5) is 0 Å². The van der Waals surface area contributed by atoms with Crippen molar-refractivity contribution in [2.24, 2.45) is 16.3 Å². The first kappa shape index (κ1) is 19.5. The molecule has 1 aliphatic heterocycles. The quantitative estimate of drug-likeness (QED) is 0.511. The Morgan fingerprint density at radius 3 is 2.50 bits per heavy atom. The van der Waals surface area contributed by atoms with E-state index in [-0.39, 0.29) is 11.3 Å². The molecule has 1 aliphatic rings. The first-order valence-electron chi connectivity index (χ1n) is 8.82. The van der Waals surface area contributed by atoms with Crippen LogP contribution in [0.1, 0.15) is 79.1 Å². The van der Waals surface area contributed by atoms with Crippen molar-refractivity contribution >= 4 is 22.7 Å². The second-order valence-corrected chi connectivity index (χ2v) is 7.85. The van der Waals surface area contributed by atoms with E-state index < -0.39 is 0 Å². The van der Waals surface area contributed by atoms with Gasteiger partial charge in [-0.15, -0.1) is 11.8 Å². The van der Waals surface area contributed by atoms with E-state index in [2.05, 4.69) is 38.8 Å². The molecule has 1 rings (SSSR count). The lowest BCUT2D eigenvalue weighted by atomic mass is 9.77. The molecule has 0 N–H and O–H groups in total. The van der Waals surface area contributed by atoms with Crippen LogP contribution < -0.4 is 0 Å². The first-order chi connectivity index (χ1) is 10.4. The predicted molar refractivity (Wildman–Crippen MR) is 99.6 cm³/mol. The summed E-state index contributed by atoms with van der Waals surface area (Å²) in [6.07, 6.45) is 14.0. The second-order valence-electron chi connectivity index (χ2n) is 7.05. The summed E-state index contributed by atoms with van der Waals surface area (Å²) in [5.41, 5.74) is 1.22. The molecule has 0 saturated heterocycles. The van der Waals surface area contributed by atoms with Gasteiger partial charge in [-0.2, -0.15) is 0 Å². The fourth-order valence-corrected chi connectivity index (χ4v) is 3.94. The van der Waals surface area contributed by atoms with E-state index >= 15 is 0 Å². The maximum atomic E-state index is 11.8. The Labute approximate surface area is 141 Å². The molecule has 0 bridgehead atoms. The SMILES string of the molecule is CCCCCCC(C=C1C(SC)=NC(=O)CC1(C)C)CCC. The van der Waals surface area contributed by atoms with Gasteiger partial charge in [0.05, 0.1) is 0 Å². The number of rotatable bonds is 8. The molecule has 0 saturated carbocycles. The molecule has 1 atom stereocenters. The van der Waals surface area contributed by atoms with Crippen LogP contribution in [0.2, 0.25) is 0 Å². The van der Waals surface area contributed by atoms with Gasteiger partial charge in [0.15, 0.2) is 0 Å². The van der Waals surface area contributed by atoms with Gasteiger partial charge >= 0.3 is 0 Å². The Balaban J connectivity index is 2.90. The highest BCUT2D eigenvalue weighted by Gasteiger charge is 2.34. The van der Waals surface area contributed by atoms with Crippen LogP contribution >= 0.6 is 11.8 Å². The van der Waals surface area contributed by atoms with Gasteiger partial charge in [0.25, 0.3) is 0 Å². The topological polar surface area (TPSA) is 29.4 Å². The average Bonchev–Trinajstić information content (AvgIpc) is 2.45. The minimum atomic E-state index is -0.0768. The predicted octanol–water partition coefficient (Wildman–Crippen LogP) is 6.02. The van der Waals surface area contributed by atoms with Crippen LogP contribution in [-0.4, -0.2) is 17.2 Å². The first-order valence-corrected chi connectivity index (χ1v) is 10.0. The maximum Gasteiger partial charge on any atom is 0.247 e. The summed E-state index contributed by atoms with van der Waals surface area (Å²) in [6.45, 7) is 8.88. The minimum Gasteiger partial charge on any atom is -0.273 e. The molecule has 0 radical (unpaired) electrons. The zero-order chi connectivity index (χ0) is 16.6. The maximum absolute atomic E-state index is 11.8. The number of aliphatic imine (C=N–C) groups is 1. The monoisotopic (exact) mass is 323 g/mol. The van der Waals surface area contributed by atoms with Crippen molar-refractivity contribution in [3.63, 3.8) is 0 Å². The summed E-state index contributed by atoms with van der Waals surface area (Å²) in [5, 5.41) is 0.941. The third kappa shape index (κ3) is 5.91. The van der Waals surface area contributed by atoms with Crippen LogP contribution in [0.5, 0.6) is 0 Å². The van der Waals surface area contributed by atoms with E-state index in [0.717, 1.165) is 5.04 Å². The molecule has 2 nitrogen and oxygen atoms in total. The Bertz CT molecular complexity index is 423. The lowest BCUT2D eigenvalue weighted by Gasteiger charge is -2.32. The molecular weight excluding hydrogens is 290 g/mol. The summed E-state index contributed by atoms with van der Waals surface area (Å²) in [6, 6.07) is 0. The van der Waals surface area contributed by atoms with Crippen molar-refractivity contribution in [3.05, 3.63) is 11.6 Å². The van der Waals surface area contributed by atoms with Gasteiger partial charge in [0.2, 0.25) is 5.91 Å². The Morgan fingerprint density at radius 1 is 1.18 bits per heavy atom. The van der Waals surface area contributed by atoms with Gasteiger partial charge in [-0.3, -0.25) is 4.79 Å². The van der Waals surface area contributed by atoms with Crippen molar-refractivity contribution in [1.29, 1.82) is 0 Å². The number of allylic oxidation sites excluding steroid dienone is 1. The summed E-state index contributed by atoms with van der Waals surface area (Å²) in [7, 11) is 0. The van der Waals surface area contributed by atoms with Crippen LogP contribution in [0, 0.1) is 11.3 Å². The molecule has 0 aromatic carbocycles. The molecule has 0 aromatic heterocycles. The van der Waals surface area contributed by atoms with Crippen LogP contribution in [0.3, 0.4) is 0 Å². The van der Waals surface area contributed by atoms with Crippen LogP contribution in [0.25, 0.3) is 0 Å². The fraction of sp³-hybridized carbons (Fsp3) is 0.789. The zero-order valence-corrected chi connectivity index (χ0v) is 15.9. The van der Waals surface area contributed by atoms with Gasteiger partial charge in [0, 0.05) is 11.8 Å². The smallest absolute Gasteiger partial charge is 0.247 e. The fourth-order valence-electron chi connectivity index (χ4n) is 3.18. The lowest BCUT2D eigenvalue weighted by Crippen LogP contribution is -2.29. The average molecular weight is 324 g/mol. The van der Waals surface area contributed by atoms with E-state index in [1.807, 2.05) is 6.26 Å². The number of thioether (sulfide) groups is 1. The molecule has 0 aliphatic carbocycles. The van der Waals surface area contributed by atoms with Gasteiger partial charge in [-0.05, 0) is 30.6 Å². The van der Waals surface area contributed by atoms with E-state index in [1.54, 1.807) is 11.8 Å². The number of unbranched alkanes of at least 4 members (excludes halogenated alkanes) is 3. The second kappa shape index (κ2) is 9.54. The molecule has 0 fully saturated rings. The van der Waals surface area contributed by atoms with Crippen molar-refractivity contribution in [1.82, 2.24) is 0 Å². The van der Waals surface area contributed by atoms with E-state index in [9.17, 15) is 4.79 Å². The van der Waals surface area contributed by atoms with E-state index in [1.165, 1.54) is 50.5 Å². The number of amides is 1. The summed E-state index contributed by atoms with van der Waals surface area (Å²) in [5.74, 6) is 0.656. The molecule has 126 valence electrons. The number of nitrogens with zero attached hydrogens (tertiary/aromatic N) is 1. The molecule has 1 heterocycles. The Kier molecular flexibility index (Phi) is 8.45. The zero-order valence-electron chi connectivity index (χ0n) is 15.1. The van der Waals surface area contributed by atoms with Crippen molar-refractivity contribution in [2.45, 2.75) is 79.1 Å². The Morgan fingerprint density at radius 2 is 1.91 bits per heavy atom. The number of carbonyl (C=O) groups is 1. The largest absolute Gasteiger partial charge is 0.273 e. The summed E-state index contributed by atoms with van der Waals surface area (Å²) >= 11 is 1.61. The minimum absolute atomic E-state index is 0.0292. The normalized spacial score (nSPS) is 21.0. The highest BCUT2D eigenvalue weighted by molar-refractivity contribution is 8.13. The van der Waals surface area contributed by atoms with Crippen LogP contribution in [-0.2, 0) is 4.79 Å². The molecule has 3 heteroatoms. The molecular formula is C19H33NOS. The van der Waals surface area contributed by atoms with Crippen molar-refractivity contribution in [3.8, 4) is 0 Å². The van der Waals surface area contributed by atoms with E-state index in [0.29, 0.717) is 12.3 Å². The Hall–Kier alpha value is -0.570. The molecule has 0 aromatic rings. The third-order valence-corrected chi connectivity index (χ3v) is 5.16. The standard InChI is InChI=1S/C19H33NOS/c1-6-8-9-10-12-15(11-7-2)13-16-18(22-5)20-17(21)14-19(16,3)4/h13,15H,6-12,14H2,1-5H3. The molecule has 1 amide bonds. The van der Waals surface area contributed by atoms with Gasteiger partial charge in [0.1, 0.15) is 5.04 Å². The number of hydrogen-bond donors (Lipinski definition) is 0. The van der Waals surface area contributed by atoms with E-state index in [4.69, 9.17) is 0 Å². The van der Waals surface area contributed by atoms with Gasteiger partial charge < -0.3 is 0 Å². The van der Waals surface area contributed by atoms with Gasteiger partial charge in [-0.1, -0.05) is 65.9 Å². The highest BCUT2D eigenvalue weighted by Crippen LogP contribution is 2.39. The van der Waals surface area contributed by atoms with Gasteiger partial charge in [-0.25, -0.2) is 4.99 Å². The molecule has 22 heavy (non-hydrogen) atoms. The molecule has 1 unspecified atom stereocenters. The summed E-state index contributed by atoms with van der Waals surface area (Å²) in [4.78, 5) is 16.1. The van der Waals surface area contributed by atoms with Crippen molar-refractivity contribution < 1.29 is 4.79 Å². The van der Waals surface area contributed by atoms with Crippen LogP contribution in [0.15, 0.2) is 16.6 Å². The lowest BCUT2D eigenvalue weighted by molar-refractivity contribution is -0.119. The molecule has 0 spiro atoms. The summed E-state index contributed by atoms with van der Waals surface area (Å²) < 4.78 is 0. The highest BCUT2D eigenvalue weighted by atomic mass is 32.2.